The summed E-state index contributed by atoms with van der Waals surface area (Å²) >= 11 is 0. The van der Waals surface area contributed by atoms with Crippen molar-refractivity contribution in [2.24, 2.45) is 0 Å². The predicted octanol–water partition coefficient (Wildman–Crippen LogP) is 3.42. The molecule has 0 amide bonds. The first-order valence-corrected chi connectivity index (χ1v) is 7.92. The van der Waals surface area contributed by atoms with Crippen molar-refractivity contribution in [2.75, 3.05) is 19.6 Å². The lowest BCUT2D eigenvalue weighted by molar-refractivity contribution is 0.291. The Balaban J connectivity index is 2.11. The predicted molar refractivity (Wildman–Crippen MR) is 88.6 cm³/mol. The SMILES string of the molecule is CCN1CCc2cc(O)c(O)cc2C(c2cccc(C)c2)C1. The van der Waals surface area contributed by atoms with Crippen LogP contribution in [0.15, 0.2) is 36.4 Å². The molecule has 2 aromatic carbocycles. The van der Waals surface area contributed by atoms with E-state index in [0.717, 1.165) is 37.2 Å². The van der Waals surface area contributed by atoms with Gasteiger partial charge in [-0.2, -0.15) is 0 Å². The summed E-state index contributed by atoms with van der Waals surface area (Å²) in [5.41, 5.74) is 4.79. The monoisotopic (exact) mass is 297 g/mol. The Labute approximate surface area is 131 Å². The maximum atomic E-state index is 9.95. The van der Waals surface area contributed by atoms with Crippen LogP contribution in [0.25, 0.3) is 0 Å². The van der Waals surface area contributed by atoms with E-state index in [-0.39, 0.29) is 17.4 Å². The quantitative estimate of drug-likeness (QED) is 0.835. The van der Waals surface area contributed by atoms with E-state index in [1.807, 2.05) is 0 Å². The molecule has 1 aliphatic heterocycles. The average molecular weight is 297 g/mol. The molecule has 0 saturated heterocycles. The van der Waals surface area contributed by atoms with Gasteiger partial charge in [-0.15, -0.1) is 0 Å². The first kappa shape index (κ1) is 14.9. The number of aryl methyl sites for hydroxylation is 1. The van der Waals surface area contributed by atoms with Gasteiger partial charge in [0.05, 0.1) is 0 Å². The van der Waals surface area contributed by atoms with Crippen molar-refractivity contribution in [3.63, 3.8) is 0 Å². The molecule has 0 aromatic heterocycles. The van der Waals surface area contributed by atoms with Crippen LogP contribution in [0.3, 0.4) is 0 Å². The van der Waals surface area contributed by atoms with E-state index >= 15 is 0 Å². The van der Waals surface area contributed by atoms with Crippen LogP contribution in [-0.4, -0.2) is 34.7 Å². The fraction of sp³-hybridized carbons (Fsp3) is 0.368. The van der Waals surface area contributed by atoms with Crippen LogP contribution >= 0.6 is 0 Å². The van der Waals surface area contributed by atoms with Gasteiger partial charge >= 0.3 is 0 Å². The number of phenolic OH excluding ortho intramolecular Hbond substituents is 2. The third kappa shape index (κ3) is 2.81. The van der Waals surface area contributed by atoms with Crippen LogP contribution in [0.2, 0.25) is 0 Å². The second-order valence-corrected chi connectivity index (χ2v) is 6.15. The summed E-state index contributed by atoms with van der Waals surface area (Å²) in [7, 11) is 0. The molecule has 2 aromatic rings. The Kier molecular flexibility index (Phi) is 4.08. The Morgan fingerprint density at radius 2 is 1.91 bits per heavy atom. The zero-order chi connectivity index (χ0) is 15.7. The summed E-state index contributed by atoms with van der Waals surface area (Å²) in [6.07, 6.45) is 0.902. The van der Waals surface area contributed by atoms with Crippen molar-refractivity contribution < 1.29 is 10.2 Å². The highest BCUT2D eigenvalue weighted by atomic mass is 16.3. The zero-order valence-corrected chi connectivity index (χ0v) is 13.2. The molecule has 3 nitrogen and oxygen atoms in total. The van der Waals surface area contributed by atoms with Crippen molar-refractivity contribution in [1.82, 2.24) is 4.90 Å². The molecule has 0 spiro atoms. The lowest BCUT2D eigenvalue weighted by Crippen LogP contribution is -2.28. The Hall–Kier alpha value is -2.00. The van der Waals surface area contributed by atoms with Crippen LogP contribution in [0.5, 0.6) is 11.5 Å². The van der Waals surface area contributed by atoms with E-state index in [0.29, 0.717) is 0 Å². The van der Waals surface area contributed by atoms with Gasteiger partial charge in [-0.1, -0.05) is 36.8 Å². The van der Waals surface area contributed by atoms with Gasteiger partial charge in [0.15, 0.2) is 11.5 Å². The maximum Gasteiger partial charge on any atom is 0.157 e. The molecule has 3 heteroatoms. The highest BCUT2D eigenvalue weighted by Crippen LogP contribution is 2.37. The Morgan fingerprint density at radius 3 is 2.64 bits per heavy atom. The van der Waals surface area contributed by atoms with Gasteiger partial charge in [0.2, 0.25) is 0 Å². The molecule has 116 valence electrons. The van der Waals surface area contributed by atoms with Crippen LogP contribution in [-0.2, 0) is 6.42 Å². The van der Waals surface area contributed by atoms with Crippen LogP contribution in [0.1, 0.15) is 35.1 Å². The molecule has 1 heterocycles. The molecular formula is C19H23NO2. The van der Waals surface area contributed by atoms with Crippen LogP contribution in [0, 0.1) is 6.92 Å². The standard InChI is InChI=1S/C19H23NO2/c1-3-20-8-7-15-10-18(21)19(22)11-16(15)17(12-20)14-6-4-5-13(2)9-14/h4-6,9-11,17,21-22H,3,7-8,12H2,1-2H3. The number of benzene rings is 2. The lowest BCUT2D eigenvalue weighted by Gasteiger charge is -2.24. The van der Waals surface area contributed by atoms with E-state index in [9.17, 15) is 10.2 Å². The molecule has 0 aliphatic carbocycles. The van der Waals surface area contributed by atoms with Gasteiger partial charge in [0.25, 0.3) is 0 Å². The second kappa shape index (κ2) is 6.01. The van der Waals surface area contributed by atoms with E-state index in [2.05, 4.69) is 43.0 Å². The molecule has 0 bridgehead atoms. The molecular weight excluding hydrogens is 274 g/mol. The van der Waals surface area contributed by atoms with Crippen molar-refractivity contribution >= 4 is 0 Å². The summed E-state index contributed by atoms with van der Waals surface area (Å²) in [5, 5.41) is 19.8. The fourth-order valence-corrected chi connectivity index (χ4v) is 3.36. The number of rotatable bonds is 2. The molecule has 3 rings (SSSR count). The van der Waals surface area contributed by atoms with Gasteiger partial charge in [0, 0.05) is 19.0 Å². The molecule has 1 unspecified atom stereocenters. The third-order valence-electron chi connectivity index (χ3n) is 4.64. The molecule has 2 N–H and O–H groups in total. The fourth-order valence-electron chi connectivity index (χ4n) is 3.36. The van der Waals surface area contributed by atoms with Gasteiger partial charge in [0.1, 0.15) is 0 Å². The smallest absolute Gasteiger partial charge is 0.157 e. The van der Waals surface area contributed by atoms with Gasteiger partial charge in [-0.05, 0) is 48.7 Å². The van der Waals surface area contributed by atoms with Gasteiger partial charge in [-0.25, -0.2) is 0 Å². The van der Waals surface area contributed by atoms with Crippen molar-refractivity contribution in [1.29, 1.82) is 0 Å². The van der Waals surface area contributed by atoms with E-state index in [1.54, 1.807) is 12.1 Å². The third-order valence-corrected chi connectivity index (χ3v) is 4.64. The molecule has 1 atom stereocenters. The van der Waals surface area contributed by atoms with E-state index in [4.69, 9.17) is 0 Å². The topological polar surface area (TPSA) is 43.7 Å². The largest absolute Gasteiger partial charge is 0.504 e. The summed E-state index contributed by atoms with van der Waals surface area (Å²) in [6, 6.07) is 12.0. The van der Waals surface area contributed by atoms with Crippen LogP contribution in [0.4, 0.5) is 0 Å². The van der Waals surface area contributed by atoms with Gasteiger partial charge in [-0.3, -0.25) is 0 Å². The number of likely N-dealkylation sites (N-methyl/N-ethyl adjacent to an activating group) is 1. The van der Waals surface area contributed by atoms with Crippen LogP contribution < -0.4 is 0 Å². The van der Waals surface area contributed by atoms with Crippen molar-refractivity contribution in [3.8, 4) is 11.5 Å². The van der Waals surface area contributed by atoms with E-state index in [1.165, 1.54) is 11.1 Å². The molecule has 0 saturated carbocycles. The first-order chi connectivity index (χ1) is 10.6. The highest BCUT2D eigenvalue weighted by molar-refractivity contribution is 5.50. The number of phenols is 2. The first-order valence-electron chi connectivity index (χ1n) is 7.92. The second-order valence-electron chi connectivity index (χ2n) is 6.15. The Morgan fingerprint density at radius 1 is 1.14 bits per heavy atom. The Bertz CT molecular complexity index is 681. The van der Waals surface area contributed by atoms with Crippen molar-refractivity contribution in [3.05, 3.63) is 58.7 Å². The number of aromatic hydroxyl groups is 2. The minimum Gasteiger partial charge on any atom is -0.504 e. The zero-order valence-electron chi connectivity index (χ0n) is 13.2. The summed E-state index contributed by atoms with van der Waals surface area (Å²) in [5.74, 6) is 0.178. The molecule has 0 radical (unpaired) electrons. The minimum atomic E-state index is -0.0265. The summed E-state index contributed by atoms with van der Waals surface area (Å²) in [6.45, 7) is 7.21. The summed E-state index contributed by atoms with van der Waals surface area (Å²) in [4.78, 5) is 2.43. The molecule has 22 heavy (non-hydrogen) atoms. The van der Waals surface area contributed by atoms with Crippen molar-refractivity contribution in [2.45, 2.75) is 26.2 Å². The normalized spacial score (nSPS) is 18.7. The average Bonchev–Trinajstić information content (AvgIpc) is 2.67. The number of hydrogen-bond donors (Lipinski definition) is 2. The number of hydrogen-bond acceptors (Lipinski definition) is 3. The lowest BCUT2D eigenvalue weighted by atomic mass is 9.87. The minimum absolute atomic E-state index is 0.0216. The highest BCUT2D eigenvalue weighted by Gasteiger charge is 2.25. The van der Waals surface area contributed by atoms with Gasteiger partial charge < -0.3 is 15.1 Å². The summed E-state index contributed by atoms with van der Waals surface area (Å²) < 4.78 is 0. The van der Waals surface area contributed by atoms with E-state index < -0.39 is 0 Å². The maximum absolute atomic E-state index is 9.95. The number of fused-ring (bicyclic) bond motifs is 1. The molecule has 1 aliphatic rings. The number of nitrogens with zero attached hydrogens (tertiary/aromatic N) is 1. The molecule has 0 fully saturated rings.